The molecule has 0 aromatic carbocycles. The van der Waals surface area contributed by atoms with Gasteiger partial charge in [-0.25, -0.2) is 9.97 Å². The highest BCUT2D eigenvalue weighted by molar-refractivity contribution is 6.32. The first kappa shape index (κ1) is 11.0. The molecular weight excluding hydrogens is 252 g/mol. The molecule has 0 saturated carbocycles. The fourth-order valence-electron chi connectivity index (χ4n) is 1.87. The molecule has 6 heteroatoms. The maximum Gasteiger partial charge on any atom is 0.270 e. The van der Waals surface area contributed by atoms with Crippen molar-refractivity contribution >= 4 is 17.2 Å². The molecule has 0 spiro atoms. The topological polar surface area (TPSA) is 63.1 Å². The third-order valence-electron chi connectivity index (χ3n) is 2.74. The smallest absolute Gasteiger partial charge is 0.270 e. The number of nitrogens with one attached hydrogen (secondary N) is 1. The summed E-state index contributed by atoms with van der Waals surface area (Å²) in [6.07, 6.45) is 4.87. The predicted octanol–water partition coefficient (Wildman–Crippen LogP) is 2.05. The van der Waals surface area contributed by atoms with Crippen molar-refractivity contribution in [3.63, 3.8) is 0 Å². The number of nitrogens with zero attached hydrogens (tertiary/aromatic N) is 3. The van der Waals surface area contributed by atoms with E-state index in [1.54, 1.807) is 24.7 Å². The molecule has 0 saturated heterocycles. The molecule has 0 radical (unpaired) electrons. The number of H-pyrrole nitrogens is 1. The summed E-state index contributed by atoms with van der Waals surface area (Å²) >= 11 is 6.09. The van der Waals surface area contributed by atoms with Gasteiger partial charge in [-0.15, -0.1) is 0 Å². The van der Waals surface area contributed by atoms with E-state index in [9.17, 15) is 4.79 Å². The molecule has 3 aromatic heterocycles. The summed E-state index contributed by atoms with van der Waals surface area (Å²) in [7, 11) is 0. The van der Waals surface area contributed by atoms with Crippen LogP contribution in [0.25, 0.3) is 17.0 Å². The van der Waals surface area contributed by atoms with Crippen LogP contribution >= 0.6 is 11.6 Å². The predicted molar refractivity (Wildman–Crippen MR) is 68.8 cm³/mol. The minimum Gasteiger partial charge on any atom is -0.344 e. The summed E-state index contributed by atoms with van der Waals surface area (Å²) in [6, 6.07) is 3.68. The highest BCUT2D eigenvalue weighted by Crippen LogP contribution is 2.20. The van der Waals surface area contributed by atoms with Gasteiger partial charge in [0, 0.05) is 18.6 Å². The van der Waals surface area contributed by atoms with Gasteiger partial charge >= 0.3 is 0 Å². The average molecular weight is 261 g/mol. The molecule has 3 heterocycles. The van der Waals surface area contributed by atoms with Crippen LogP contribution in [0.1, 0.15) is 5.56 Å². The number of aromatic nitrogens is 4. The van der Waals surface area contributed by atoms with Gasteiger partial charge in [0.05, 0.1) is 0 Å². The number of halogens is 1. The number of hydrogen-bond acceptors (Lipinski definition) is 3. The fraction of sp³-hybridized carbons (Fsp3) is 0.0833. The lowest BCUT2D eigenvalue weighted by atomic mass is 10.2. The second-order valence-corrected chi connectivity index (χ2v) is 4.26. The maximum atomic E-state index is 12.4. The third kappa shape index (κ3) is 1.52. The van der Waals surface area contributed by atoms with Crippen molar-refractivity contribution in [2.24, 2.45) is 0 Å². The van der Waals surface area contributed by atoms with Crippen LogP contribution in [0.15, 0.2) is 35.5 Å². The normalized spacial score (nSPS) is 11.0. The Balaban J connectivity index is 2.46. The van der Waals surface area contributed by atoms with Crippen LogP contribution in [0.3, 0.4) is 0 Å². The molecular formula is C12H9ClN4O. The Labute approximate surface area is 107 Å². The lowest BCUT2D eigenvalue weighted by molar-refractivity contribution is 1.03. The molecule has 0 atom stereocenters. The van der Waals surface area contributed by atoms with Gasteiger partial charge in [-0.3, -0.25) is 9.20 Å². The Kier molecular flexibility index (Phi) is 2.41. The van der Waals surface area contributed by atoms with Gasteiger partial charge in [0.1, 0.15) is 22.2 Å². The van der Waals surface area contributed by atoms with Gasteiger partial charge in [0.25, 0.3) is 5.56 Å². The number of rotatable bonds is 1. The van der Waals surface area contributed by atoms with Crippen LogP contribution in [0.4, 0.5) is 0 Å². The number of aryl methyl sites for hydroxylation is 1. The summed E-state index contributed by atoms with van der Waals surface area (Å²) in [4.78, 5) is 23.5. The first-order valence-corrected chi connectivity index (χ1v) is 5.73. The molecule has 0 unspecified atom stereocenters. The Morgan fingerprint density at radius 3 is 3.00 bits per heavy atom. The first-order valence-electron chi connectivity index (χ1n) is 5.35. The third-order valence-corrected chi connectivity index (χ3v) is 3.01. The monoisotopic (exact) mass is 260 g/mol. The van der Waals surface area contributed by atoms with Crippen molar-refractivity contribution < 1.29 is 0 Å². The molecule has 0 fully saturated rings. The molecule has 0 aliphatic carbocycles. The number of fused-ring (bicyclic) bond motifs is 1. The number of hydrogen-bond donors (Lipinski definition) is 1. The van der Waals surface area contributed by atoms with E-state index < -0.39 is 0 Å². The Morgan fingerprint density at radius 1 is 1.44 bits per heavy atom. The quantitative estimate of drug-likeness (QED) is 0.681. The van der Waals surface area contributed by atoms with E-state index in [0.29, 0.717) is 11.5 Å². The Hall–Kier alpha value is -2.14. The molecule has 0 aliphatic heterocycles. The lowest BCUT2D eigenvalue weighted by Gasteiger charge is -2.06. The first-order chi connectivity index (χ1) is 8.68. The van der Waals surface area contributed by atoms with E-state index >= 15 is 0 Å². The molecule has 18 heavy (non-hydrogen) atoms. The van der Waals surface area contributed by atoms with Gasteiger partial charge < -0.3 is 4.98 Å². The zero-order chi connectivity index (χ0) is 12.7. The Bertz CT molecular complexity index is 777. The zero-order valence-corrected chi connectivity index (χ0v) is 10.3. The van der Waals surface area contributed by atoms with Crippen molar-refractivity contribution in [3.8, 4) is 11.4 Å². The van der Waals surface area contributed by atoms with E-state index in [0.717, 1.165) is 5.56 Å². The summed E-state index contributed by atoms with van der Waals surface area (Å²) in [5, 5.41) is 0.157. The van der Waals surface area contributed by atoms with Gasteiger partial charge in [-0.2, -0.15) is 0 Å². The second-order valence-electron chi connectivity index (χ2n) is 3.91. The SMILES string of the molecule is Cc1cccn2c(=O)c(-c3ncc[nH]3)c(Cl)nc12. The van der Waals surface area contributed by atoms with E-state index in [4.69, 9.17) is 11.6 Å². The largest absolute Gasteiger partial charge is 0.344 e. The van der Waals surface area contributed by atoms with E-state index in [-0.39, 0.29) is 16.3 Å². The molecule has 3 rings (SSSR count). The maximum absolute atomic E-state index is 12.4. The van der Waals surface area contributed by atoms with Crippen molar-refractivity contribution in [1.82, 2.24) is 19.4 Å². The number of imidazole rings is 1. The van der Waals surface area contributed by atoms with Gasteiger partial charge in [-0.05, 0) is 18.6 Å². The van der Waals surface area contributed by atoms with Crippen LogP contribution in [-0.2, 0) is 0 Å². The Morgan fingerprint density at radius 2 is 2.28 bits per heavy atom. The molecule has 0 amide bonds. The van der Waals surface area contributed by atoms with Crippen LogP contribution < -0.4 is 5.56 Å². The van der Waals surface area contributed by atoms with Crippen LogP contribution in [0.5, 0.6) is 0 Å². The molecule has 1 N–H and O–H groups in total. The highest BCUT2D eigenvalue weighted by Gasteiger charge is 2.15. The van der Waals surface area contributed by atoms with Crippen LogP contribution in [0.2, 0.25) is 5.15 Å². The van der Waals surface area contributed by atoms with Gasteiger partial charge in [0.2, 0.25) is 0 Å². The molecule has 5 nitrogen and oxygen atoms in total. The second kappa shape index (κ2) is 3.96. The van der Waals surface area contributed by atoms with Gasteiger partial charge in [0.15, 0.2) is 0 Å². The zero-order valence-electron chi connectivity index (χ0n) is 9.51. The summed E-state index contributed by atoms with van der Waals surface area (Å²) in [5.74, 6) is 0.424. The average Bonchev–Trinajstić information content (AvgIpc) is 2.84. The molecule has 0 aliphatic rings. The minimum atomic E-state index is -0.233. The van der Waals surface area contributed by atoms with Crippen LogP contribution in [0, 0.1) is 6.92 Å². The van der Waals surface area contributed by atoms with Crippen molar-refractivity contribution in [2.45, 2.75) is 6.92 Å². The van der Waals surface area contributed by atoms with E-state index in [1.165, 1.54) is 4.40 Å². The number of pyridine rings is 1. The number of aromatic amines is 1. The summed E-state index contributed by atoms with van der Waals surface area (Å²) < 4.78 is 1.47. The standard InChI is InChI=1S/C12H9ClN4O/c1-7-3-2-6-17-11(7)16-9(13)8(12(17)18)10-14-4-5-15-10/h2-6H,1H3,(H,14,15). The van der Waals surface area contributed by atoms with Crippen molar-refractivity contribution in [1.29, 1.82) is 0 Å². The van der Waals surface area contributed by atoms with Gasteiger partial charge in [-0.1, -0.05) is 17.7 Å². The van der Waals surface area contributed by atoms with Crippen LogP contribution in [-0.4, -0.2) is 19.4 Å². The molecule has 90 valence electrons. The fourth-order valence-corrected chi connectivity index (χ4v) is 2.12. The minimum absolute atomic E-state index is 0.157. The molecule has 0 bridgehead atoms. The summed E-state index contributed by atoms with van der Waals surface area (Å²) in [6.45, 7) is 1.88. The van der Waals surface area contributed by atoms with Crippen molar-refractivity contribution in [2.75, 3.05) is 0 Å². The van der Waals surface area contributed by atoms with Crippen molar-refractivity contribution in [3.05, 3.63) is 51.8 Å². The lowest BCUT2D eigenvalue weighted by Crippen LogP contribution is -2.18. The van der Waals surface area contributed by atoms with E-state index in [1.807, 2.05) is 13.0 Å². The summed E-state index contributed by atoms with van der Waals surface area (Å²) in [5.41, 5.74) is 1.50. The highest BCUT2D eigenvalue weighted by atomic mass is 35.5. The van der Waals surface area contributed by atoms with E-state index in [2.05, 4.69) is 15.0 Å². The molecule has 3 aromatic rings.